The lowest BCUT2D eigenvalue weighted by Gasteiger charge is -2.68. The normalized spacial score (nSPS) is 62.4. The lowest BCUT2D eigenvalue weighted by atomic mass is 9.39. The van der Waals surface area contributed by atoms with Crippen LogP contribution in [-0.2, 0) is 0 Å². The third-order valence-electron chi connectivity index (χ3n) is 5.09. The Labute approximate surface area is 92.4 Å². The molecule has 0 heterocycles. The third-order valence-corrected chi connectivity index (χ3v) is 5.09. The van der Waals surface area contributed by atoms with Crippen LogP contribution >= 0.6 is 0 Å². The van der Waals surface area contributed by atoms with Crippen LogP contribution in [0, 0.1) is 16.2 Å². The van der Waals surface area contributed by atoms with Crippen LogP contribution in [0.2, 0.25) is 0 Å². The SMILES string of the molecule is CC12CC3(C)CC(C)(C1)CC(NO)(C2)C3. The Hall–Kier alpha value is -0.0800. The smallest absolute Gasteiger partial charge is 0.0445 e. The molecule has 0 aromatic heterocycles. The summed E-state index contributed by atoms with van der Waals surface area (Å²) < 4.78 is 0. The van der Waals surface area contributed by atoms with Crippen LogP contribution in [0.25, 0.3) is 0 Å². The minimum atomic E-state index is 0.0347. The van der Waals surface area contributed by atoms with E-state index in [1.54, 1.807) is 0 Å². The van der Waals surface area contributed by atoms with Gasteiger partial charge in [0.15, 0.2) is 0 Å². The molecule has 4 fully saturated rings. The molecular weight excluding hydrogens is 186 g/mol. The lowest BCUT2D eigenvalue weighted by molar-refractivity contribution is -0.184. The lowest BCUT2D eigenvalue weighted by Crippen LogP contribution is -2.66. The van der Waals surface area contributed by atoms with E-state index in [1.165, 1.54) is 38.5 Å². The number of hydroxylamine groups is 1. The van der Waals surface area contributed by atoms with Crippen molar-refractivity contribution < 1.29 is 5.21 Å². The highest BCUT2D eigenvalue weighted by Gasteiger charge is 2.64. The Morgan fingerprint density at radius 1 is 0.733 bits per heavy atom. The fourth-order valence-corrected chi connectivity index (χ4v) is 6.41. The molecule has 4 bridgehead atoms. The molecule has 4 aliphatic carbocycles. The van der Waals surface area contributed by atoms with Gasteiger partial charge >= 0.3 is 0 Å². The van der Waals surface area contributed by atoms with Gasteiger partial charge in [-0.1, -0.05) is 20.8 Å². The summed E-state index contributed by atoms with van der Waals surface area (Å²) in [7, 11) is 0. The first-order chi connectivity index (χ1) is 6.80. The number of hydrogen-bond donors (Lipinski definition) is 2. The van der Waals surface area contributed by atoms with Crippen LogP contribution in [0.4, 0.5) is 0 Å². The monoisotopic (exact) mass is 209 g/mol. The first kappa shape index (κ1) is 10.1. The van der Waals surface area contributed by atoms with E-state index in [2.05, 4.69) is 26.3 Å². The van der Waals surface area contributed by atoms with E-state index in [0.29, 0.717) is 16.2 Å². The van der Waals surface area contributed by atoms with Gasteiger partial charge in [-0.05, 0) is 54.8 Å². The average molecular weight is 209 g/mol. The Morgan fingerprint density at radius 2 is 1.07 bits per heavy atom. The summed E-state index contributed by atoms with van der Waals surface area (Å²) in [4.78, 5) is 0. The molecule has 4 rings (SSSR count). The summed E-state index contributed by atoms with van der Waals surface area (Å²) in [5, 5.41) is 9.52. The topological polar surface area (TPSA) is 32.3 Å². The van der Waals surface area contributed by atoms with Crippen LogP contribution in [0.3, 0.4) is 0 Å². The molecule has 0 amide bonds. The first-order valence-corrected chi connectivity index (χ1v) is 6.22. The van der Waals surface area contributed by atoms with E-state index in [0.717, 1.165) is 0 Å². The van der Waals surface area contributed by atoms with Crippen molar-refractivity contribution in [3.8, 4) is 0 Å². The fourth-order valence-electron chi connectivity index (χ4n) is 6.41. The van der Waals surface area contributed by atoms with E-state index >= 15 is 0 Å². The third kappa shape index (κ3) is 1.31. The predicted molar refractivity (Wildman–Crippen MR) is 59.7 cm³/mol. The Balaban J connectivity index is 2.06. The van der Waals surface area contributed by atoms with Crippen molar-refractivity contribution in [2.24, 2.45) is 16.2 Å². The van der Waals surface area contributed by atoms with Gasteiger partial charge in [0.05, 0.1) is 0 Å². The van der Waals surface area contributed by atoms with Gasteiger partial charge in [-0.15, -0.1) is 0 Å². The molecule has 4 aliphatic rings. The zero-order valence-electron chi connectivity index (χ0n) is 10.2. The van der Waals surface area contributed by atoms with E-state index < -0.39 is 0 Å². The predicted octanol–water partition coefficient (Wildman–Crippen LogP) is 3.10. The van der Waals surface area contributed by atoms with Gasteiger partial charge in [-0.3, -0.25) is 0 Å². The minimum Gasteiger partial charge on any atom is -0.316 e. The fraction of sp³-hybridized carbons (Fsp3) is 1.00. The molecule has 0 aromatic rings. The average Bonchev–Trinajstić information content (AvgIpc) is 1.94. The molecule has 0 spiro atoms. The van der Waals surface area contributed by atoms with Crippen molar-refractivity contribution in [1.82, 2.24) is 5.48 Å². The number of hydrogen-bond acceptors (Lipinski definition) is 2. The standard InChI is InChI=1S/C13H23NO/c1-10-4-11(2)6-12(3,5-10)9-13(7-10,8-11)14-15/h14-15H,4-9H2,1-3H3. The Kier molecular flexibility index (Phi) is 1.64. The number of rotatable bonds is 1. The summed E-state index contributed by atoms with van der Waals surface area (Å²) in [5.74, 6) is 0. The summed E-state index contributed by atoms with van der Waals surface area (Å²) in [5.41, 5.74) is 4.12. The Bertz CT molecular complexity index is 258. The first-order valence-electron chi connectivity index (χ1n) is 6.22. The van der Waals surface area contributed by atoms with Crippen molar-refractivity contribution in [2.75, 3.05) is 0 Å². The van der Waals surface area contributed by atoms with Gasteiger partial charge in [-0.2, -0.15) is 5.48 Å². The van der Waals surface area contributed by atoms with Crippen LogP contribution in [-0.4, -0.2) is 10.7 Å². The van der Waals surface area contributed by atoms with Crippen LogP contribution < -0.4 is 5.48 Å². The molecule has 0 radical (unpaired) electrons. The van der Waals surface area contributed by atoms with Crippen molar-refractivity contribution in [2.45, 2.75) is 64.8 Å². The maximum atomic E-state index is 9.52. The second-order valence-corrected chi connectivity index (χ2v) is 7.88. The van der Waals surface area contributed by atoms with Crippen LogP contribution in [0.5, 0.6) is 0 Å². The van der Waals surface area contributed by atoms with Gasteiger partial charge in [0.1, 0.15) is 0 Å². The second-order valence-electron chi connectivity index (χ2n) is 7.88. The van der Waals surface area contributed by atoms with Gasteiger partial charge in [0, 0.05) is 5.54 Å². The quantitative estimate of drug-likeness (QED) is 0.650. The summed E-state index contributed by atoms with van der Waals surface area (Å²) in [6.45, 7) is 7.27. The van der Waals surface area contributed by atoms with Crippen molar-refractivity contribution in [3.63, 3.8) is 0 Å². The van der Waals surface area contributed by atoms with Gasteiger partial charge in [0.25, 0.3) is 0 Å². The van der Waals surface area contributed by atoms with Crippen LogP contribution in [0.15, 0.2) is 0 Å². The Morgan fingerprint density at radius 3 is 1.33 bits per heavy atom. The van der Waals surface area contributed by atoms with Crippen molar-refractivity contribution in [3.05, 3.63) is 0 Å². The van der Waals surface area contributed by atoms with E-state index in [4.69, 9.17) is 0 Å². The summed E-state index contributed by atoms with van der Waals surface area (Å²) in [6.07, 6.45) is 7.59. The molecular formula is C13H23NO. The van der Waals surface area contributed by atoms with E-state index in [-0.39, 0.29) is 5.54 Å². The summed E-state index contributed by atoms with van der Waals surface area (Å²) in [6, 6.07) is 0. The molecule has 4 saturated carbocycles. The van der Waals surface area contributed by atoms with E-state index in [1.807, 2.05) is 0 Å². The zero-order valence-corrected chi connectivity index (χ0v) is 10.2. The highest BCUT2D eigenvalue weighted by molar-refractivity contribution is 5.16. The molecule has 2 heteroatoms. The molecule has 0 aliphatic heterocycles. The van der Waals surface area contributed by atoms with E-state index in [9.17, 15) is 5.21 Å². The van der Waals surface area contributed by atoms with Crippen molar-refractivity contribution in [1.29, 1.82) is 0 Å². The maximum absolute atomic E-state index is 9.52. The van der Waals surface area contributed by atoms with Gasteiger partial charge < -0.3 is 5.21 Å². The molecule has 2 N–H and O–H groups in total. The molecule has 0 aromatic carbocycles. The second kappa shape index (κ2) is 2.43. The highest BCUT2D eigenvalue weighted by atomic mass is 16.5. The van der Waals surface area contributed by atoms with Crippen molar-refractivity contribution >= 4 is 0 Å². The summed E-state index contributed by atoms with van der Waals surface area (Å²) >= 11 is 0. The van der Waals surface area contributed by atoms with Gasteiger partial charge in [-0.25, -0.2) is 0 Å². The van der Waals surface area contributed by atoms with Gasteiger partial charge in [0.2, 0.25) is 0 Å². The minimum absolute atomic E-state index is 0.0347. The maximum Gasteiger partial charge on any atom is 0.0445 e. The molecule has 0 unspecified atom stereocenters. The molecule has 2 nitrogen and oxygen atoms in total. The van der Waals surface area contributed by atoms with Crippen LogP contribution in [0.1, 0.15) is 59.3 Å². The molecule has 0 atom stereocenters. The molecule has 86 valence electrons. The molecule has 0 saturated heterocycles. The molecule has 15 heavy (non-hydrogen) atoms. The number of nitrogens with one attached hydrogen (secondary N) is 1. The zero-order chi connectivity index (χ0) is 10.9. The largest absolute Gasteiger partial charge is 0.316 e. The highest BCUT2D eigenvalue weighted by Crippen LogP contribution is 2.70.